The van der Waals surface area contributed by atoms with Crippen LogP contribution in [-0.4, -0.2) is 24.1 Å². The first-order valence-electron chi connectivity index (χ1n) is 6.83. The second kappa shape index (κ2) is 6.40. The molecule has 0 N–H and O–H groups in total. The van der Waals surface area contributed by atoms with E-state index < -0.39 is 0 Å². The van der Waals surface area contributed by atoms with Gasteiger partial charge in [0.15, 0.2) is 0 Å². The summed E-state index contributed by atoms with van der Waals surface area (Å²) >= 11 is 0. The molecular formula is C17H21ClN2. The van der Waals surface area contributed by atoms with Crippen LogP contribution in [0.25, 0.3) is 0 Å². The van der Waals surface area contributed by atoms with Crippen LogP contribution < -0.4 is 0 Å². The second-order valence-electron chi connectivity index (χ2n) is 5.24. The monoisotopic (exact) mass is 288 g/mol. The van der Waals surface area contributed by atoms with Gasteiger partial charge in [0.1, 0.15) is 0 Å². The maximum absolute atomic E-state index is 2.35. The van der Waals surface area contributed by atoms with Gasteiger partial charge in [-0.2, -0.15) is 0 Å². The van der Waals surface area contributed by atoms with E-state index in [1.54, 1.807) is 0 Å². The lowest BCUT2D eigenvalue weighted by Gasteiger charge is -2.28. The molecule has 0 aliphatic carbocycles. The van der Waals surface area contributed by atoms with E-state index in [0.717, 1.165) is 6.42 Å². The fraction of sp³-hybridized carbons (Fsp3) is 0.294. The molecule has 0 aromatic heterocycles. The number of rotatable bonds is 2. The van der Waals surface area contributed by atoms with E-state index in [1.165, 1.54) is 11.1 Å². The van der Waals surface area contributed by atoms with Crippen LogP contribution in [0, 0.1) is 0 Å². The predicted molar refractivity (Wildman–Crippen MR) is 85.8 cm³/mol. The van der Waals surface area contributed by atoms with E-state index in [0.29, 0.717) is 12.1 Å². The maximum atomic E-state index is 2.35. The second-order valence-corrected chi connectivity index (χ2v) is 5.24. The van der Waals surface area contributed by atoms with Crippen molar-refractivity contribution in [2.75, 3.05) is 14.1 Å². The third kappa shape index (κ3) is 2.73. The number of halogens is 1. The Balaban J connectivity index is 0.00000147. The van der Waals surface area contributed by atoms with Crippen molar-refractivity contribution in [2.45, 2.75) is 18.5 Å². The molecule has 3 heteroatoms. The highest BCUT2D eigenvalue weighted by molar-refractivity contribution is 5.85. The summed E-state index contributed by atoms with van der Waals surface area (Å²) in [4.78, 5) is 0. The molecule has 2 unspecified atom stereocenters. The number of benzene rings is 2. The summed E-state index contributed by atoms with van der Waals surface area (Å²) < 4.78 is 0. The Bertz CT molecular complexity index is 480. The zero-order chi connectivity index (χ0) is 13.2. The van der Waals surface area contributed by atoms with Crippen molar-refractivity contribution >= 4 is 12.4 Å². The summed E-state index contributed by atoms with van der Waals surface area (Å²) in [7, 11) is 4.36. The first-order chi connectivity index (χ1) is 9.27. The van der Waals surface area contributed by atoms with Crippen LogP contribution >= 0.6 is 12.4 Å². The third-order valence-electron chi connectivity index (χ3n) is 4.21. The molecule has 0 amide bonds. The molecule has 2 nitrogen and oxygen atoms in total. The lowest BCUT2D eigenvalue weighted by Crippen LogP contribution is -2.32. The Labute approximate surface area is 127 Å². The molecule has 2 aromatic rings. The molecule has 20 heavy (non-hydrogen) atoms. The topological polar surface area (TPSA) is 6.48 Å². The maximum Gasteiger partial charge on any atom is 0.0511 e. The quantitative estimate of drug-likeness (QED) is 0.822. The number of nitrogens with zero attached hydrogens (tertiary/aromatic N) is 2. The van der Waals surface area contributed by atoms with Crippen molar-refractivity contribution in [3.8, 4) is 0 Å². The van der Waals surface area contributed by atoms with Crippen molar-refractivity contribution in [3.05, 3.63) is 71.8 Å². The predicted octanol–water partition coefficient (Wildman–Crippen LogP) is 4.07. The molecule has 2 atom stereocenters. The van der Waals surface area contributed by atoms with Gasteiger partial charge in [-0.3, -0.25) is 0 Å². The average molecular weight is 289 g/mol. The van der Waals surface area contributed by atoms with E-state index in [4.69, 9.17) is 0 Å². The zero-order valence-corrected chi connectivity index (χ0v) is 12.8. The van der Waals surface area contributed by atoms with Gasteiger partial charge >= 0.3 is 0 Å². The Morgan fingerprint density at radius 1 is 0.700 bits per heavy atom. The van der Waals surface area contributed by atoms with Crippen LogP contribution in [0.4, 0.5) is 0 Å². The Hall–Kier alpha value is -1.35. The summed E-state index contributed by atoms with van der Waals surface area (Å²) in [6, 6.07) is 22.5. The molecule has 0 radical (unpaired) electrons. The largest absolute Gasteiger partial charge is 0.237 e. The zero-order valence-electron chi connectivity index (χ0n) is 11.9. The molecule has 106 valence electrons. The number of hydrogen-bond acceptors (Lipinski definition) is 2. The van der Waals surface area contributed by atoms with Crippen LogP contribution in [0.2, 0.25) is 0 Å². The van der Waals surface area contributed by atoms with Gasteiger partial charge in [-0.1, -0.05) is 60.7 Å². The van der Waals surface area contributed by atoms with Crippen LogP contribution in [0.1, 0.15) is 29.6 Å². The standard InChI is InChI=1S/C17H20N2.ClH/c1-18-16(14-9-5-3-6-10-14)13-17(19(18)2)15-11-7-4-8-12-15;/h3-12,16-17H,13H2,1-2H3;1H. The SMILES string of the molecule is CN1C(c2ccccc2)CC(c2ccccc2)N1C.Cl. The fourth-order valence-electron chi connectivity index (χ4n) is 3.01. The first-order valence-corrected chi connectivity index (χ1v) is 6.83. The van der Waals surface area contributed by atoms with E-state index in [1.807, 2.05) is 0 Å². The molecule has 3 rings (SSSR count). The lowest BCUT2D eigenvalue weighted by molar-refractivity contribution is 0.0252. The Kier molecular flexibility index (Phi) is 4.81. The van der Waals surface area contributed by atoms with Gasteiger partial charge in [-0.15, -0.1) is 12.4 Å². The highest BCUT2D eigenvalue weighted by atomic mass is 35.5. The molecular weight excluding hydrogens is 268 g/mol. The van der Waals surface area contributed by atoms with Crippen LogP contribution in [0.15, 0.2) is 60.7 Å². The minimum Gasteiger partial charge on any atom is -0.237 e. The average Bonchev–Trinajstić information content (AvgIpc) is 2.77. The summed E-state index contributed by atoms with van der Waals surface area (Å²) in [5, 5.41) is 4.71. The van der Waals surface area contributed by atoms with Crippen molar-refractivity contribution in [2.24, 2.45) is 0 Å². The molecule has 0 spiro atoms. The van der Waals surface area contributed by atoms with Gasteiger partial charge in [-0.25, -0.2) is 10.0 Å². The molecule has 1 aliphatic rings. The van der Waals surface area contributed by atoms with Gasteiger partial charge in [0.2, 0.25) is 0 Å². The molecule has 1 saturated heterocycles. The van der Waals surface area contributed by atoms with Gasteiger partial charge < -0.3 is 0 Å². The third-order valence-corrected chi connectivity index (χ3v) is 4.21. The van der Waals surface area contributed by atoms with E-state index in [-0.39, 0.29) is 12.4 Å². The molecule has 1 aliphatic heterocycles. The number of hydrogen-bond donors (Lipinski definition) is 0. The smallest absolute Gasteiger partial charge is 0.0511 e. The van der Waals surface area contributed by atoms with Gasteiger partial charge in [0.05, 0.1) is 12.1 Å². The van der Waals surface area contributed by atoms with Gasteiger partial charge in [0.25, 0.3) is 0 Å². The Morgan fingerprint density at radius 2 is 1.05 bits per heavy atom. The lowest BCUT2D eigenvalue weighted by atomic mass is 9.97. The van der Waals surface area contributed by atoms with Crippen LogP contribution in [-0.2, 0) is 0 Å². The van der Waals surface area contributed by atoms with Crippen molar-refractivity contribution in [3.63, 3.8) is 0 Å². The van der Waals surface area contributed by atoms with E-state index >= 15 is 0 Å². The van der Waals surface area contributed by atoms with Crippen LogP contribution in [0.3, 0.4) is 0 Å². The van der Waals surface area contributed by atoms with Crippen molar-refractivity contribution < 1.29 is 0 Å². The fourth-order valence-corrected chi connectivity index (χ4v) is 3.01. The van der Waals surface area contributed by atoms with Crippen molar-refractivity contribution in [1.82, 2.24) is 10.0 Å². The minimum atomic E-state index is 0. The van der Waals surface area contributed by atoms with Gasteiger partial charge in [-0.05, 0) is 17.5 Å². The normalized spacial score (nSPS) is 23.5. The molecule has 0 saturated carbocycles. The minimum absolute atomic E-state index is 0. The summed E-state index contributed by atoms with van der Waals surface area (Å²) in [5.41, 5.74) is 2.80. The molecule has 2 aromatic carbocycles. The van der Waals surface area contributed by atoms with Crippen molar-refractivity contribution in [1.29, 1.82) is 0 Å². The van der Waals surface area contributed by atoms with E-state index in [9.17, 15) is 0 Å². The molecule has 1 fully saturated rings. The van der Waals surface area contributed by atoms with Gasteiger partial charge in [0, 0.05) is 14.1 Å². The summed E-state index contributed by atoms with van der Waals surface area (Å²) in [5.74, 6) is 0. The Morgan fingerprint density at radius 3 is 1.40 bits per heavy atom. The number of hydrazine groups is 1. The first kappa shape index (κ1) is 15.0. The summed E-state index contributed by atoms with van der Waals surface area (Å²) in [6.45, 7) is 0. The molecule has 1 heterocycles. The highest BCUT2D eigenvalue weighted by Crippen LogP contribution is 2.41. The highest BCUT2D eigenvalue weighted by Gasteiger charge is 2.35. The molecule has 0 bridgehead atoms. The van der Waals surface area contributed by atoms with E-state index in [2.05, 4.69) is 84.8 Å². The van der Waals surface area contributed by atoms with Crippen LogP contribution in [0.5, 0.6) is 0 Å². The summed E-state index contributed by atoms with van der Waals surface area (Å²) in [6.07, 6.45) is 1.14.